The zero-order valence-corrected chi connectivity index (χ0v) is 15.0. The lowest BCUT2D eigenvalue weighted by molar-refractivity contribution is -0.145. The van der Waals surface area contributed by atoms with E-state index in [1.807, 2.05) is 0 Å². The van der Waals surface area contributed by atoms with Crippen LogP contribution in [0.2, 0.25) is 5.02 Å². The molecule has 0 saturated carbocycles. The molecule has 2 amide bonds. The minimum atomic E-state index is -1.30. The van der Waals surface area contributed by atoms with Crippen LogP contribution in [-0.2, 0) is 9.53 Å². The van der Waals surface area contributed by atoms with Gasteiger partial charge in [0.05, 0.1) is 14.2 Å². The number of hydrogen-bond donors (Lipinski definition) is 3. The SMILES string of the molecule is COC(=O)C(NC(=O)Nc1ccc(Cl)cc1)C(O)c1ccc(OC)cc1. The first-order valence-electron chi connectivity index (χ1n) is 7.67. The Morgan fingerprint density at radius 1 is 1.04 bits per heavy atom. The highest BCUT2D eigenvalue weighted by atomic mass is 35.5. The standard InChI is InChI=1S/C18H19ClN2O5/c1-25-14-9-3-11(4-10-14)16(22)15(17(23)26-2)21-18(24)20-13-7-5-12(19)6-8-13/h3-10,15-16,22H,1-2H3,(H2,20,21,24). The predicted molar refractivity (Wildman–Crippen MR) is 97.4 cm³/mol. The molecule has 2 atom stereocenters. The van der Waals surface area contributed by atoms with E-state index in [0.29, 0.717) is 22.0 Å². The summed E-state index contributed by atoms with van der Waals surface area (Å²) in [4.78, 5) is 24.2. The van der Waals surface area contributed by atoms with Gasteiger partial charge >= 0.3 is 12.0 Å². The van der Waals surface area contributed by atoms with Gasteiger partial charge in [0.15, 0.2) is 6.04 Å². The number of halogens is 1. The van der Waals surface area contributed by atoms with E-state index < -0.39 is 24.1 Å². The second-order valence-electron chi connectivity index (χ2n) is 5.32. The average molecular weight is 379 g/mol. The van der Waals surface area contributed by atoms with Crippen molar-refractivity contribution in [2.45, 2.75) is 12.1 Å². The average Bonchev–Trinajstić information content (AvgIpc) is 2.67. The summed E-state index contributed by atoms with van der Waals surface area (Å²) >= 11 is 5.79. The van der Waals surface area contributed by atoms with Gasteiger partial charge in [-0.1, -0.05) is 23.7 Å². The highest BCUT2D eigenvalue weighted by molar-refractivity contribution is 6.30. The first-order valence-corrected chi connectivity index (χ1v) is 8.05. The van der Waals surface area contributed by atoms with Crippen molar-refractivity contribution < 1.29 is 24.2 Å². The molecule has 0 radical (unpaired) electrons. The molecule has 0 aliphatic heterocycles. The number of urea groups is 1. The number of anilines is 1. The summed E-state index contributed by atoms with van der Waals surface area (Å²) in [5, 5.41) is 16.0. The molecule has 26 heavy (non-hydrogen) atoms. The minimum absolute atomic E-state index is 0.424. The normalized spacial score (nSPS) is 12.6. The van der Waals surface area contributed by atoms with E-state index in [9.17, 15) is 14.7 Å². The number of carbonyl (C=O) groups excluding carboxylic acids is 2. The Morgan fingerprint density at radius 3 is 2.19 bits per heavy atom. The summed E-state index contributed by atoms with van der Waals surface area (Å²) in [7, 11) is 2.69. The number of nitrogens with one attached hydrogen (secondary N) is 2. The van der Waals surface area contributed by atoms with Crippen LogP contribution in [0.3, 0.4) is 0 Å². The van der Waals surface area contributed by atoms with Crippen LogP contribution >= 0.6 is 11.6 Å². The van der Waals surface area contributed by atoms with Gasteiger partial charge in [-0.15, -0.1) is 0 Å². The van der Waals surface area contributed by atoms with Gasteiger partial charge in [-0.25, -0.2) is 9.59 Å². The lowest BCUT2D eigenvalue weighted by atomic mass is 10.0. The summed E-state index contributed by atoms with van der Waals surface area (Å²) in [5.41, 5.74) is 0.905. The van der Waals surface area contributed by atoms with Gasteiger partial charge in [0.2, 0.25) is 0 Å². The van der Waals surface area contributed by atoms with E-state index in [2.05, 4.69) is 15.4 Å². The largest absolute Gasteiger partial charge is 0.497 e. The van der Waals surface area contributed by atoms with Crippen LogP contribution < -0.4 is 15.4 Å². The monoisotopic (exact) mass is 378 g/mol. The van der Waals surface area contributed by atoms with E-state index in [0.717, 1.165) is 0 Å². The summed E-state index contributed by atoms with van der Waals surface area (Å²) in [6, 6.07) is 10.9. The Hall–Kier alpha value is -2.77. The fraction of sp³-hybridized carbons (Fsp3) is 0.222. The van der Waals surface area contributed by atoms with E-state index in [1.54, 1.807) is 48.5 Å². The lowest BCUT2D eigenvalue weighted by Gasteiger charge is -2.22. The number of hydrogen-bond acceptors (Lipinski definition) is 5. The second-order valence-corrected chi connectivity index (χ2v) is 5.76. The molecule has 2 aromatic rings. The molecular weight excluding hydrogens is 360 g/mol. The van der Waals surface area contributed by atoms with Gasteiger partial charge in [-0.2, -0.15) is 0 Å². The molecule has 0 aliphatic carbocycles. The molecule has 2 rings (SSSR count). The van der Waals surface area contributed by atoms with E-state index >= 15 is 0 Å². The number of methoxy groups -OCH3 is 2. The van der Waals surface area contributed by atoms with Crippen LogP contribution in [0.5, 0.6) is 5.75 Å². The lowest BCUT2D eigenvalue weighted by Crippen LogP contribution is -2.47. The number of aliphatic hydroxyl groups is 1. The zero-order valence-electron chi connectivity index (χ0n) is 14.2. The highest BCUT2D eigenvalue weighted by Gasteiger charge is 2.30. The molecule has 2 unspecified atom stereocenters. The number of amides is 2. The highest BCUT2D eigenvalue weighted by Crippen LogP contribution is 2.21. The van der Waals surface area contributed by atoms with Crippen molar-refractivity contribution in [3.05, 3.63) is 59.1 Å². The van der Waals surface area contributed by atoms with Crippen molar-refractivity contribution in [3.63, 3.8) is 0 Å². The van der Waals surface area contributed by atoms with Crippen LogP contribution in [0.15, 0.2) is 48.5 Å². The second kappa shape index (κ2) is 9.07. The first kappa shape index (κ1) is 19.6. The molecule has 0 spiro atoms. The molecule has 0 aromatic heterocycles. The van der Waals surface area contributed by atoms with Crippen LogP contribution in [0.25, 0.3) is 0 Å². The molecule has 0 saturated heterocycles. The molecule has 0 fully saturated rings. The maximum atomic E-state index is 12.2. The third-order valence-corrected chi connectivity index (χ3v) is 3.87. The van der Waals surface area contributed by atoms with Crippen molar-refractivity contribution in [2.24, 2.45) is 0 Å². The molecule has 0 heterocycles. The van der Waals surface area contributed by atoms with Crippen molar-refractivity contribution in [2.75, 3.05) is 19.5 Å². The van der Waals surface area contributed by atoms with Gasteiger partial charge in [-0.05, 0) is 42.0 Å². The maximum absolute atomic E-state index is 12.2. The van der Waals surface area contributed by atoms with Crippen molar-refractivity contribution in [3.8, 4) is 5.75 Å². The molecule has 7 nitrogen and oxygen atoms in total. The summed E-state index contributed by atoms with van der Waals surface area (Å²) in [6.45, 7) is 0. The number of aliphatic hydroxyl groups excluding tert-OH is 1. The minimum Gasteiger partial charge on any atom is -0.497 e. The number of benzene rings is 2. The third kappa shape index (κ3) is 5.11. The van der Waals surface area contributed by atoms with E-state index in [-0.39, 0.29) is 0 Å². The fourth-order valence-electron chi connectivity index (χ4n) is 2.23. The van der Waals surface area contributed by atoms with Crippen molar-refractivity contribution >= 4 is 29.3 Å². The maximum Gasteiger partial charge on any atom is 0.331 e. The smallest absolute Gasteiger partial charge is 0.331 e. The van der Waals surface area contributed by atoms with Crippen molar-refractivity contribution in [1.29, 1.82) is 0 Å². The Labute approximate surface area is 155 Å². The van der Waals surface area contributed by atoms with Gasteiger partial charge in [0.1, 0.15) is 11.9 Å². The molecule has 3 N–H and O–H groups in total. The summed E-state index contributed by atoms with van der Waals surface area (Å²) in [6.07, 6.45) is -1.30. The quantitative estimate of drug-likeness (QED) is 0.671. The Bertz CT molecular complexity index is 749. The molecule has 138 valence electrons. The molecule has 0 aliphatic rings. The van der Waals surface area contributed by atoms with Crippen LogP contribution in [-0.4, -0.2) is 37.4 Å². The fourth-order valence-corrected chi connectivity index (χ4v) is 2.35. The van der Waals surface area contributed by atoms with Gasteiger partial charge in [-0.3, -0.25) is 0 Å². The van der Waals surface area contributed by atoms with Crippen LogP contribution in [0.4, 0.5) is 10.5 Å². The number of carbonyl (C=O) groups is 2. The van der Waals surface area contributed by atoms with E-state index in [1.165, 1.54) is 14.2 Å². The first-order chi connectivity index (χ1) is 12.4. The molecular formula is C18H19ClN2O5. The number of rotatable bonds is 6. The molecule has 8 heteroatoms. The molecule has 2 aromatic carbocycles. The van der Waals surface area contributed by atoms with Crippen LogP contribution in [0.1, 0.15) is 11.7 Å². The van der Waals surface area contributed by atoms with Crippen LogP contribution in [0, 0.1) is 0 Å². The van der Waals surface area contributed by atoms with Gasteiger partial charge < -0.3 is 25.2 Å². The van der Waals surface area contributed by atoms with E-state index in [4.69, 9.17) is 16.3 Å². The van der Waals surface area contributed by atoms with Gasteiger partial charge in [0.25, 0.3) is 0 Å². The summed E-state index contributed by atoms with van der Waals surface area (Å²) in [5.74, 6) is -0.177. The predicted octanol–water partition coefficient (Wildman–Crippen LogP) is 2.75. The third-order valence-electron chi connectivity index (χ3n) is 3.62. The molecule has 0 bridgehead atoms. The Balaban J connectivity index is 2.11. The topological polar surface area (TPSA) is 96.9 Å². The number of ether oxygens (including phenoxy) is 2. The number of esters is 1. The Kier molecular flexibility index (Phi) is 6.82. The van der Waals surface area contributed by atoms with Gasteiger partial charge in [0, 0.05) is 10.7 Å². The zero-order chi connectivity index (χ0) is 19.1. The Morgan fingerprint density at radius 2 is 1.65 bits per heavy atom. The van der Waals surface area contributed by atoms with Crippen molar-refractivity contribution in [1.82, 2.24) is 5.32 Å². The summed E-state index contributed by atoms with van der Waals surface area (Å²) < 4.78 is 9.74.